The molecule has 94 valence electrons. The van der Waals surface area contributed by atoms with Crippen molar-refractivity contribution in [1.82, 2.24) is 4.98 Å². The Morgan fingerprint density at radius 2 is 2.29 bits per heavy atom. The van der Waals surface area contributed by atoms with Crippen LogP contribution in [0, 0.1) is 5.92 Å². The molecule has 1 fully saturated rings. The van der Waals surface area contributed by atoms with Crippen LogP contribution >= 0.6 is 0 Å². The fraction of sp³-hybridized carbons (Fsp3) is 0.583. The van der Waals surface area contributed by atoms with Crippen LogP contribution in [0.3, 0.4) is 0 Å². The van der Waals surface area contributed by atoms with E-state index in [4.69, 9.17) is 10.5 Å². The second-order valence-electron chi connectivity index (χ2n) is 4.54. The smallest absolute Gasteiger partial charge is 0.248 e. The van der Waals surface area contributed by atoms with Crippen molar-refractivity contribution >= 4 is 0 Å². The minimum absolute atomic E-state index is 0.0667. The van der Waals surface area contributed by atoms with E-state index in [-0.39, 0.29) is 18.8 Å². The summed E-state index contributed by atoms with van der Waals surface area (Å²) in [6.07, 6.45) is 3.45. The molecule has 0 aliphatic heterocycles. The van der Waals surface area contributed by atoms with Gasteiger partial charge >= 0.3 is 0 Å². The van der Waals surface area contributed by atoms with Crippen molar-refractivity contribution in [3.8, 4) is 5.75 Å². The molecular formula is C12H16F2N2O. The highest BCUT2D eigenvalue weighted by Crippen LogP contribution is 2.43. The molecule has 2 N–H and O–H groups in total. The highest BCUT2D eigenvalue weighted by atomic mass is 19.3. The van der Waals surface area contributed by atoms with E-state index in [0.29, 0.717) is 12.2 Å². The van der Waals surface area contributed by atoms with Crippen LogP contribution < -0.4 is 10.5 Å². The van der Waals surface area contributed by atoms with Crippen molar-refractivity contribution in [3.63, 3.8) is 0 Å². The molecule has 2 rings (SSSR count). The Morgan fingerprint density at radius 3 is 2.88 bits per heavy atom. The van der Waals surface area contributed by atoms with Gasteiger partial charge in [0.25, 0.3) is 0 Å². The van der Waals surface area contributed by atoms with E-state index in [1.807, 2.05) is 0 Å². The molecule has 1 saturated carbocycles. The third kappa shape index (κ3) is 2.72. The maximum atomic E-state index is 13.1. The standard InChI is InChI=1S/C12H16F2N2O/c1-17-10-4-9(6-16-7-10)11(15)8-2-3-12(13,14)5-8/h4,6-8,11H,2-3,5,15H2,1H3. The third-order valence-corrected chi connectivity index (χ3v) is 3.30. The lowest BCUT2D eigenvalue weighted by Gasteiger charge is -2.19. The summed E-state index contributed by atoms with van der Waals surface area (Å²) in [7, 11) is 1.54. The first-order valence-electron chi connectivity index (χ1n) is 5.64. The number of pyridine rings is 1. The normalized spacial score (nSPS) is 24.6. The SMILES string of the molecule is COc1cncc(C(N)C2CCC(F)(F)C2)c1. The highest BCUT2D eigenvalue weighted by Gasteiger charge is 2.41. The summed E-state index contributed by atoms with van der Waals surface area (Å²) in [5.74, 6) is -2.14. The Morgan fingerprint density at radius 1 is 1.53 bits per heavy atom. The van der Waals surface area contributed by atoms with Gasteiger partial charge in [0, 0.05) is 25.1 Å². The molecule has 1 aromatic heterocycles. The number of alkyl halides is 2. The molecule has 2 atom stereocenters. The quantitative estimate of drug-likeness (QED) is 0.886. The van der Waals surface area contributed by atoms with Gasteiger partial charge in [0.05, 0.1) is 13.3 Å². The molecular weight excluding hydrogens is 226 g/mol. The van der Waals surface area contributed by atoms with Crippen molar-refractivity contribution in [1.29, 1.82) is 0 Å². The van der Waals surface area contributed by atoms with Gasteiger partial charge in [-0.3, -0.25) is 4.98 Å². The minimum atomic E-state index is -2.56. The molecule has 17 heavy (non-hydrogen) atoms. The highest BCUT2D eigenvalue weighted by molar-refractivity contribution is 5.26. The van der Waals surface area contributed by atoms with Crippen molar-refractivity contribution in [2.24, 2.45) is 11.7 Å². The number of aromatic nitrogens is 1. The lowest BCUT2D eigenvalue weighted by Crippen LogP contribution is -2.21. The summed E-state index contributed by atoms with van der Waals surface area (Å²) >= 11 is 0. The van der Waals surface area contributed by atoms with Crippen molar-refractivity contribution in [3.05, 3.63) is 24.0 Å². The number of methoxy groups -OCH3 is 1. The molecule has 0 radical (unpaired) electrons. The van der Waals surface area contributed by atoms with E-state index in [1.165, 1.54) is 7.11 Å². The summed E-state index contributed by atoms with van der Waals surface area (Å²) in [5, 5.41) is 0. The van der Waals surface area contributed by atoms with Crippen LogP contribution in [0.25, 0.3) is 0 Å². The average molecular weight is 242 g/mol. The first kappa shape index (κ1) is 12.2. The van der Waals surface area contributed by atoms with Crippen molar-refractivity contribution in [2.75, 3.05) is 7.11 Å². The van der Waals surface area contributed by atoms with E-state index in [0.717, 1.165) is 5.56 Å². The van der Waals surface area contributed by atoms with Gasteiger partial charge in [0.15, 0.2) is 0 Å². The second-order valence-corrected chi connectivity index (χ2v) is 4.54. The fourth-order valence-corrected chi connectivity index (χ4v) is 2.29. The van der Waals surface area contributed by atoms with Crippen LogP contribution in [0.1, 0.15) is 30.9 Å². The summed E-state index contributed by atoms with van der Waals surface area (Å²) in [6, 6.07) is 1.36. The number of halogens is 2. The Kier molecular flexibility index (Phi) is 3.28. The summed E-state index contributed by atoms with van der Waals surface area (Å²) in [4.78, 5) is 3.99. The molecule has 0 aromatic carbocycles. The molecule has 1 heterocycles. The van der Waals surface area contributed by atoms with Gasteiger partial charge in [-0.2, -0.15) is 0 Å². The van der Waals surface area contributed by atoms with Gasteiger partial charge < -0.3 is 10.5 Å². The summed E-state index contributed by atoms with van der Waals surface area (Å²) in [5.41, 5.74) is 6.77. The van der Waals surface area contributed by atoms with Gasteiger partial charge in [0.2, 0.25) is 5.92 Å². The Labute approximate surface area is 99.0 Å². The molecule has 1 aliphatic rings. The Bertz CT molecular complexity index is 398. The van der Waals surface area contributed by atoms with Crippen molar-refractivity contribution < 1.29 is 13.5 Å². The predicted molar refractivity (Wildman–Crippen MR) is 60.0 cm³/mol. The zero-order chi connectivity index (χ0) is 12.5. The Balaban J connectivity index is 2.11. The van der Waals surface area contributed by atoms with E-state index < -0.39 is 12.0 Å². The second kappa shape index (κ2) is 4.56. The van der Waals surface area contributed by atoms with E-state index >= 15 is 0 Å². The number of rotatable bonds is 3. The molecule has 5 heteroatoms. The molecule has 1 aromatic rings. The third-order valence-electron chi connectivity index (χ3n) is 3.30. The fourth-order valence-electron chi connectivity index (χ4n) is 2.29. The van der Waals surface area contributed by atoms with Crippen LogP contribution in [0.15, 0.2) is 18.5 Å². The van der Waals surface area contributed by atoms with Crippen LogP contribution in [0.2, 0.25) is 0 Å². The molecule has 0 amide bonds. The molecule has 1 aliphatic carbocycles. The maximum Gasteiger partial charge on any atom is 0.248 e. The number of nitrogens with zero attached hydrogens (tertiary/aromatic N) is 1. The minimum Gasteiger partial charge on any atom is -0.495 e. The zero-order valence-electron chi connectivity index (χ0n) is 9.70. The first-order chi connectivity index (χ1) is 8.02. The molecule has 3 nitrogen and oxygen atoms in total. The lowest BCUT2D eigenvalue weighted by molar-refractivity contribution is 0.00390. The van der Waals surface area contributed by atoms with Crippen LogP contribution in [0.4, 0.5) is 8.78 Å². The van der Waals surface area contributed by atoms with Gasteiger partial charge in [-0.15, -0.1) is 0 Å². The van der Waals surface area contributed by atoms with Crippen LogP contribution in [-0.4, -0.2) is 18.0 Å². The van der Waals surface area contributed by atoms with Crippen LogP contribution in [0.5, 0.6) is 5.75 Å². The van der Waals surface area contributed by atoms with Gasteiger partial charge in [0.1, 0.15) is 5.75 Å². The predicted octanol–water partition coefficient (Wildman–Crippen LogP) is 2.53. The van der Waals surface area contributed by atoms with E-state index in [2.05, 4.69) is 4.98 Å². The zero-order valence-corrected chi connectivity index (χ0v) is 9.70. The number of nitrogens with two attached hydrogens (primary N) is 1. The van der Waals surface area contributed by atoms with Gasteiger partial charge in [-0.1, -0.05) is 0 Å². The Hall–Kier alpha value is -1.23. The average Bonchev–Trinajstić information content (AvgIpc) is 2.69. The number of hydrogen-bond donors (Lipinski definition) is 1. The molecule has 2 unspecified atom stereocenters. The number of ether oxygens (including phenoxy) is 1. The maximum absolute atomic E-state index is 13.1. The van der Waals surface area contributed by atoms with Gasteiger partial charge in [-0.25, -0.2) is 8.78 Å². The molecule has 0 spiro atoms. The van der Waals surface area contributed by atoms with E-state index in [9.17, 15) is 8.78 Å². The largest absolute Gasteiger partial charge is 0.495 e. The van der Waals surface area contributed by atoms with Gasteiger partial charge in [-0.05, 0) is 24.0 Å². The topological polar surface area (TPSA) is 48.1 Å². The monoisotopic (exact) mass is 242 g/mol. The molecule has 0 saturated heterocycles. The number of hydrogen-bond acceptors (Lipinski definition) is 3. The summed E-state index contributed by atoms with van der Waals surface area (Å²) in [6.45, 7) is 0. The first-order valence-corrected chi connectivity index (χ1v) is 5.64. The van der Waals surface area contributed by atoms with Crippen LogP contribution in [-0.2, 0) is 0 Å². The summed E-state index contributed by atoms with van der Waals surface area (Å²) < 4.78 is 31.3. The lowest BCUT2D eigenvalue weighted by atomic mass is 9.93. The van der Waals surface area contributed by atoms with E-state index in [1.54, 1.807) is 18.5 Å². The van der Waals surface area contributed by atoms with Crippen molar-refractivity contribution in [2.45, 2.75) is 31.2 Å². The molecule has 0 bridgehead atoms.